The maximum atomic E-state index is 13.4. The fourth-order valence-corrected chi connectivity index (χ4v) is 7.60. The molecule has 2 saturated heterocycles. The first kappa shape index (κ1) is 38.1. The molecule has 2 aromatic heterocycles. The summed E-state index contributed by atoms with van der Waals surface area (Å²) in [5.74, 6) is 0.600. The Balaban J connectivity index is 1.09. The van der Waals surface area contributed by atoms with Gasteiger partial charge in [0.05, 0.1) is 30.4 Å². The number of halogens is 1. The van der Waals surface area contributed by atoms with Crippen LogP contribution in [0.1, 0.15) is 51.5 Å². The molecule has 0 amide bonds. The number of ether oxygens (including phenoxy) is 6. The molecule has 0 unspecified atom stereocenters. The van der Waals surface area contributed by atoms with Gasteiger partial charge >= 0.3 is 19.9 Å². The number of rotatable bonds is 14. The molecular weight excluding hydrogens is 729 g/mol. The van der Waals surface area contributed by atoms with Gasteiger partial charge in [0.25, 0.3) is 0 Å². The van der Waals surface area contributed by atoms with Gasteiger partial charge in [0.1, 0.15) is 30.5 Å². The number of fused-ring (bicyclic) bond motifs is 3. The molecule has 18 nitrogen and oxygen atoms in total. The second kappa shape index (κ2) is 15.8. The Morgan fingerprint density at radius 3 is 2.33 bits per heavy atom. The minimum atomic E-state index is -4.28. The van der Waals surface area contributed by atoms with Crippen LogP contribution in [0.4, 0.5) is 15.4 Å². The van der Waals surface area contributed by atoms with Crippen LogP contribution >= 0.6 is 19.2 Å². The third-order valence-corrected chi connectivity index (χ3v) is 10.4. The van der Waals surface area contributed by atoms with Gasteiger partial charge < -0.3 is 43.5 Å². The fourth-order valence-electron chi connectivity index (χ4n) is 6.46. The Labute approximate surface area is 303 Å². The molecule has 1 aliphatic carbocycles. The molecule has 0 bridgehead atoms. The Hall–Kier alpha value is -3.61. The van der Waals surface area contributed by atoms with Gasteiger partial charge in [0, 0.05) is 18.5 Å². The molecule has 4 atom stereocenters. The predicted octanol–water partition coefficient (Wildman–Crippen LogP) is 4.04. The van der Waals surface area contributed by atoms with Crippen molar-refractivity contribution in [1.29, 1.82) is 0 Å². The van der Waals surface area contributed by atoms with Crippen LogP contribution in [0.2, 0.25) is 5.28 Å². The summed E-state index contributed by atoms with van der Waals surface area (Å²) in [6.07, 6.45) is -5.55. The van der Waals surface area contributed by atoms with E-state index in [4.69, 9.17) is 49.1 Å². The first-order chi connectivity index (χ1) is 24.8. The molecule has 0 saturated carbocycles. The van der Waals surface area contributed by atoms with Gasteiger partial charge in [-0.15, -0.1) is 0 Å². The third-order valence-electron chi connectivity index (χ3n) is 8.78. The van der Waals surface area contributed by atoms with E-state index in [-0.39, 0.29) is 10.7 Å². The van der Waals surface area contributed by atoms with E-state index >= 15 is 0 Å². The van der Waals surface area contributed by atoms with Crippen LogP contribution in [0.5, 0.6) is 0 Å². The number of aliphatic hydroxyl groups is 2. The van der Waals surface area contributed by atoms with E-state index < -0.39 is 83.2 Å². The monoisotopic (exact) mass is 769 g/mol. The number of nitrogens with zero attached hydrogens (tertiary/aromatic N) is 5. The topological polar surface area (TPSA) is 212 Å². The van der Waals surface area contributed by atoms with Gasteiger partial charge in [0.2, 0.25) is 18.9 Å². The zero-order chi connectivity index (χ0) is 37.2. The smallest absolute Gasteiger partial charge is 0.432 e. The molecule has 20 heteroatoms. The lowest BCUT2D eigenvalue weighted by atomic mass is 9.75. The molecule has 1 aromatic carbocycles. The number of aliphatic hydroxyl groups excluding tert-OH is 2. The highest BCUT2D eigenvalue weighted by Gasteiger charge is 2.50. The largest absolute Gasteiger partial charge is 0.510 e. The molecule has 2 fully saturated rings. The highest BCUT2D eigenvalue weighted by Crippen LogP contribution is 2.49. The molecule has 4 heterocycles. The maximum absolute atomic E-state index is 13.4. The van der Waals surface area contributed by atoms with Crippen LogP contribution in [0.25, 0.3) is 11.0 Å². The fraction of sp³-hybridized carbons (Fsp3) is 0.594. The molecule has 3 aliphatic rings. The van der Waals surface area contributed by atoms with Crippen LogP contribution in [-0.2, 0) is 53.9 Å². The average molecular weight is 770 g/mol. The quantitative estimate of drug-likeness (QED) is 0.102. The lowest BCUT2D eigenvalue weighted by Gasteiger charge is -2.49. The van der Waals surface area contributed by atoms with Gasteiger partial charge in [0.15, 0.2) is 11.9 Å². The van der Waals surface area contributed by atoms with Crippen molar-refractivity contribution in [3.05, 3.63) is 46.9 Å². The van der Waals surface area contributed by atoms with E-state index in [1.807, 2.05) is 0 Å². The summed E-state index contributed by atoms with van der Waals surface area (Å²) in [7, 11) is -4.28. The number of hydrogen-bond acceptors (Lipinski definition) is 17. The SMILES string of the molecule is CC(C)OC(=O)OCOP(=O)(COC[C@H]1O[C@@H](n2ncc3c(N4CC5(CCc6ccccc65)C4)nc(Cl)nc32)[C@H](O)[C@@H]1O)OCOC(=O)OC(C)C. The van der Waals surface area contributed by atoms with Crippen molar-refractivity contribution in [2.45, 2.75) is 82.7 Å². The van der Waals surface area contributed by atoms with Crippen molar-refractivity contribution in [3.8, 4) is 0 Å². The molecular formula is C32H41ClN5O13P. The Bertz CT molecular complexity index is 1770. The zero-order valence-electron chi connectivity index (χ0n) is 29.0. The molecule has 284 valence electrons. The second-order valence-electron chi connectivity index (χ2n) is 13.2. The lowest BCUT2D eigenvalue weighted by Crippen LogP contribution is -2.58. The van der Waals surface area contributed by atoms with E-state index in [1.165, 1.54) is 15.8 Å². The lowest BCUT2D eigenvalue weighted by molar-refractivity contribution is -0.0691. The van der Waals surface area contributed by atoms with E-state index in [1.54, 1.807) is 33.9 Å². The summed E-state index contributed by atoms with van der Waals surface area (Å²) >= 11 is 6.39. The number of carbonyl (C=O) groups excluding carboxylic acids is 2. The van der Waals surface area contributed by atoms with Crippen molar-refractivity contribution in [1.82, 2.24) is 19.7 Å². The number of hydrogen-bond donors (Lipinski definition) is 2. The molecule has 1 spiro atoms. The Morgan fingerprint density at radius 1 is 1.02 bits per heavy atom. The molecule has 3 aromatic rings. The van der Waals surface area contributed by atoms with Gasteiger partial charge in [-0.25, -0.2) is 14.3 Å². The van der Waals surface area contributed by atoms with Crippen molar-refractivity contribution in [2.24, 2.45) is 0 Å². The number of benzene rings is 1. The van der Waals surface area contributed by atoms with Crippen LogP contribution in [0.15, 0.2) is 30.5 Å². The summed E-state index contributed by atoms with van der Waals surface area (Å²) in [5, 5.41) is 26.9. The van der Waals surface area contributed by atoms with Gasteiger partial charge in [-0.2, -0.15) is 15.1 Å². The summed E-state index contributed by atoms with van der Waals surface area (Å²) in [5.41, 5.74) is 3.05. The Morgan fingerprint density at radius 2 is 1.67 bits per heavy atom. The van der Waals surface area contributed by atoms with Crippen molar-refractivity contribution in [3.63, 3.8) is 0 Å². The average Bonchev–Trinajstić information content (AvgIpc) is 3.73. The van der Waals surface area contributed by atoms with Crippen molar-refractivity contribution in [2.75, 3.05) is 44.5 Å². The normalized spacial score (nSPS) is 22.2. The molecule has 52 heavy (non-hydrogen) atoms. The van der Waals surface area contributed by atoms with E-state index in [2.05, 4.69) is 44.2 Å². The van der Waals surface area contributed by atoms with Crippen LogP contribution in [0, 0.1) is 0 Å². The summed E-state index contributed by atoms with van der Waals surface area (Å²) in [4.78, 5) is 34.5. The van der Waals surface area contributed by atoms with Crippen LogP contribution in [0.3, 0.4) is 0 Å². The molecule has 2 N–H and O–H groups in total. The molecule has 6 rings (SSSR count). The minimum absolute atomic E-state index is 0.0245. The minimum Gasteiger partial charge on any atom is -0.432 e. The van der Waals surface area contributed by atoms with Crippen molar-refractivity contribution >= 4 is 48.4 Å². The second-order valence-corrected chi connectivity index (χ2v) is 15.5. The summed E-state index contributed by atoms with van der Waals surface area (Å²) in [6.45, 7) is 5.80. The first-order valence-corrected chi connectivity index (χ1v) is 18.8. The van der Waals surface area contributed by atoms with Crippen LogP contribution < -0.4 is 4.90 Å². The predicted molar refractivity (Wildman–Crippen MR) is 181 cm³/mol. The van der Waals surface area contributed by atoms with Crippen molar-refractivity contribution < 1.29 is 61.8 Å². The van der Waals surface area contributed by atoms with E-state index in [0.717, 1.165) is 25.9 Å². The number of carbonyl (C=O) groups is 2. The standard InChI is InChI=1S/C32H41ClN5O13P/c1-18(2)49-30(41)45-15-47-52(43,48-16-46-31(42)50-19(3)4)17-44-12-23-24(39)25(40)28(51-23)38-27-21(11-34-38)26(35-29(33)36-27)37-13-32(14-37)10-9-20-7-5-6-8-22(20)32/h5-8,11,18-19,23-25,28,39-40H,9-10,12-17H2,1-4H3/t23-,24-,25-,28-/m1/s1. The summed E-state index contributed by atoms with van der Waals surface area (Å²) in [6, 6.07) is 8.48. The van der Waals surface area contributed by atoms with E-state index in [0.29, 0.717) is 16.9 Å². The Kier molecular flexibility index (Phi) is 11.6. The highest BCUT2D eigenvalue weighted by atomic mass is 35.5. The van der Waals surface area contributed by atoms with Gasteiger partial charge in [-0.3, -0.25) is 13.6 Å². The zero-order valence-corrected chi connectivity index (χ0v) is 30.6. The molecule has 0 radical (unpaired) electrons. The first-order valence-electron chi connectivity index (χ1n) is 16.7. The highest BCUT2D eigenvalue weighted by molar-refractivity contribution is 7.53. The van der Waals surface area contributed by atoms with Gasteiger partial charge in [-0.1, -0.05) is 24.3 Å². The number of aromatic nitrogens is 4. The summed E-state index contributed by atoms with van der Waals surface area (Å²) < 4.78 is 55.7. The number of anilines is 1. The number of aryl methyl sites for hydroxylation is 1. The van der Waals surface area contributed by atoms with Crippen LogP contribution in [-0.4, -0.2) is 112 Å². The van der Waals surface area contributed by atoms with E-state index in [9.17, 15) is 24.4 Å². The van der Waals surface area contributed by atoms with Gasteiger partial charge in [-0.05, 0) is 63.3 Å². The third kappa shape index (κ3) is 8.29. The maximum Gasteiger partial charge on any atom is 0.510 e. The molecule has 2 aliphatic heterocycles.